The summed E-state index contributed by atoms with van der Waals surface area (Å²) in [6.45, 7) is 0.526. The second-order valence-electron chi connectivity index (χ2n) is 5.38. The maximum atomic E-state index is 12.4. The van der Waals surface area contributed by atoms with Crippen molar-refractivity contribution in [2.45, 2.75) is 24.8 Å². The molecule has 2 aromatic rings. The molecule has 3 nitrogen and oxygen atoms in total. The number of rotatable bonds is 4. The smallest absolute Gasteiger partial charge is 0.230 e. The van der Waals surface area contributed by atoms with E-state index in [1.54, 1.807) is 0 Å². The molecule has 0 spiro atoms. The second kappa shape index (κ2) is 5.00. The fourth-order valence-electron chi connectivity index (χ4n) is 2.58. The average Bonchev–Trinajstić information content (AvgIpc) is 3.27. The van der Waals surface area contributed by atoms with Gasteiger partial charge >= 0.3 is 0 Å². The van der Waals surface area contributed by atoms with Gasteiger partial charge in [0.2, 0.25) is 5.91 Å². The quantitative estimate of drug-likeness (QED) is 0.836. The Bertz CT molecular complexity index is 618. The molecule has 2 aromatic carbocycles. The number of benzene rings is 2. The lowest BCUT2D eigenvalue weighted by molar-refractivity contribution is -0.123. The molecule has 1 fully saturated rings. The molecule has 3 heteroatoms. The van der Waals surface area contributed by atoms with Gasteiger partial charge in [-0.2, -0.15) is 0 Å². The molecule has 0 heterocycles. The fourth-order valence-corrected chi connectivity index (χ4v) is 2.58. The standard InChI is InChI=1S/C17H18N2O/c18-15-8-4-5-13(11-15)12-19-16(20)17(9-10-17)14-6-2-1-3-7-14/h1-8,11H,9-10,12,18H2,(H,19,20). The number of carbonyl (C=O) groups is 1. The van der Waals surface area contributed by atoms with Gasteiger partial charge in [0.25, 0.3) is 0 Å². The molecule has 20 heavy (non-hydrogen) atoms. The molecule has 0 bridgehead atoms. The third-order valence-corrected chi connectivity index (χ3v) is 3.92. The number of amides is 1. The molecule has 1 aliphatic carbocycles. The van der Waals surface area contributed by atoms with Crippen molar-refractivity contribution in [3.05, 3.63) is 65.7 Å². The summed E-state index contributed by atoms with van der Waals surface area (Å²) < 4.78 is 0. The van der Waals surface area contributed by atoms with Crippen LogP contribution in [0.5, 0.6) is 0 Å². The van der Waals surface area contributed by atoms with E-state index in [4.69, 9.17) is 5.73 Å². The number of hydrogen-bond acceptors (Lipinski definition) is 2. The number of hydrogen-bond donors (Lipinski definition) is 2. The highest BCUT2D eigenvalue weighted by atomic mass is 16.2. The van der Waals surface area contributed by atoms with Crippen molar-refractivity contribution in [1.29, 1.82) is 0 Å². The van der Waals surface area contributed by atoms with E-state index >= 15 is 0 Å². The van der Waals surface area contributed by atoms with Crippen LogP contribution < -0.4 is 11.1 Å². The molecule has 3 N–H and O–H groups in total. The molecule has 3 rings (SSSR count). The molecule has 0 aromatic heterocycles. The summed E-state index contributed by atoms with van der Waals surface area (Å²) in [4.78, 5) is 12.4. The van der Waals surface area contributed by atoms with Gasteiger partial charge in [-0.3, -0.25) is 4.79 Å². The van der Waals surface area contributed by atoms with Gasteiger partial charge < -0.3 is 11.1 Å². The van der Waals surface area contributed by atoms with Crippen molar-refractivity contribution < 1.29 is 4.79 Å². The molecule has 0 saturated heterocycles. The first-order valence-corrected chi connectivity index (χ1v) is 6.89. The first kappa shape index (κ1) is 12.7. The monoisotopic (exact) mass is 266 g/mol. The second-order valence-corrected chi connectivity index (χ2v) is 5.38. The van der Waals surface area contributed by atoms with Gasteiger partial charge in [-0.05, 0) is 36.1 Å². The van der Waals surface area contributed by atoms with E-state index in [0.29, 0.717) is 6.54 Å². The highest BCUT2D eigenvalue weighted by Crippen LogP contribution is 2.48. The summed E-state index contributed by atoms with van der Waals surface area (Å²) in [5.74, 6) is 0.117. The molecular weight excluding hydrogens is 248 g/mol. The number of carbonyl (C=O) groups excluding carboxylic acids is 1. The van der Waals surface area contributed by atoms with Gasteiger partial charge in [-0.1, -0.05) is 42.5 Å². The van der Waals surface area contributed by atoms with Gasteiger partial charge in [-0.25, -0.2) is 0 Å². The zero-order valence-corrected chi connectivity index (χ0v) is 11.3. The number of nitrogens with two attached hydrogens (primary N) is 1. The van der Waals surface area contributed by atoms with E-state index in [2.05, 4.69) is 5.32 Å². The van der Waals surface area contributed by atoms with Crippen molar-refractivity contribution in [3.63, 3.8) is 0 Å². The van der Waals surface area contributed by atoms with Crippen LogP contribution in [-0.4, -0.2) is 5.91 Å². The minimum atomic E-state index is -0.304. The van der Waals surface area contributed by atoms with Gasteiger partial charge in [0.15, 0.2) is 0 Å². The largest absolute Gasteiger partial charge is 0.399 e. The van der Waals surface area contributed by atoms with Crippen molar-refractivity contribution in [3.8, 4) is 0 Å². The minimum Gasteiger partial charge on any atom is -0.399 e. The minimum absolute atomic E-state index is 0.117. The maximum absolute atomic E-state index is 12.4. The molecule has 1 saturated carbocycles. The average molecular weight is 266 g/mol. The zero-order valence-electron chi connectivity index (χ0n) is 11.3. The first-order chi connectivity index (χ1) is 9.71. The molecule has 0 unspecified atom stereocenters. The van der Waals surface area contributed by atoms with Crippen molar-refractivity contribution in [1.82, 2.24) is 5.32 Å². The molecule has 0 atom stereocenters. The normalized spacial score (nSPS) is 15.6. The van der Waals surface area contributed by atoms with Crippen LogP contribution in [0.15, 0.2) is 54.6 Å². The van der Waals surface area contributed by atoms with Gasteiger partial charge in [-0.15, -0.1) is 0 Å². The number of anilines is 1. The fraction of sp³-hybridized carbons (Fsp3) is 0.235. The summed E-state index contributed by atoms with van der Waals surface area (Å²) >= 11 is 0. The Morgan fingerprint density at radius 3 is 2.50 bits per heavy atom. The number of nitrogens with one attached hydrogen (secondary N) is 1. The molecule has 1 aliphatic rings. The van der Waals surface area contributed by atoms with Crippen molar-refractivity contribution >= 4 is 11.6 Å². The van der Waals surface area contributed by atoms with Crippen LogP contribution >= 0.6 is 0 Å². The van der Waals surface area contributed by atoms with Gasteiger partial charge in [0.05, 0.1) is 5.41 Å². The van der Waals surface area contributed by atoms with Gasteiger partial charge in [0.1, 0.15) is 0 Å². The Labute approximate surface area is 118 Å². The van der Waals surface area contributed by atoms with Crippen LogP contribution in [0.2, 0.25) is 0 Å². The third kappa shape index (κ3) is 2.39. The van der Waals surface area contributed by atoms with E-state index in [0.717, 1.165) is 29.7 Å². The Balaban J connectivity index is 1.68. The van der Waals surface area contributed by atoms with Crippen LogP contribution in [0.1, 0.15) is 24.0 Å². The van der Waals surface area contributed by atoms with Gasteiger partial charge in [0, 0.05) is 12.2 Å². The lowest BCUT2D eigenvalue weighted by Gasteiger charge is -2.15. The van der Waals surface area contributed by atoms with E-state index in [1.165, 1.54) is 0 Å². The Morgan fingerprint density at radius 1 is 1.10 bits per heavy atom. The summed E-state index contributed by atoms with van der Waals surface area (Å²) in [6, 6.07) is 17.6. The molecule has 0 radical (unpaired) electrons. The SMILES string of the molecule is Nc1cccc(CNC(=O)C2(c3ccccc3)CC2)c1. The molecule has 0 aliphatic heterocycles. The van der Waals surface area contributed by atoms with Crippen molar-refractivity contribution in [2.75, 3.05) is 5.73 Å². The van der Waals surface area contributed by atoms with Crippen LogP contribution in [0.4, 0.5) is 5.69 Å². The lowest BCUT2D eigenvalue weighted by Crippen LogP contribution is -2.34. The van der Waals surface area contributed by atoms with Crippen LogP contribution in [-0.2, 0) is 16.8 Å². The number of nitrogen functional groups attached to an aromatic ring is 1. The van der Waals surface area contributed by atoms with E-state index in [9.17, 15) is 4.79 Å². The highest BCUT2D eigenvalue weighted by Gasteiger charge is 2.50. The zero-order chi connectivity index (χ0) is 14.0. The highest BCUT2D eigenvalue weighted by molar-refractivity contribution is 5.91. The maximum Gasteiger partial charge on any atom is 0.230 e. The van der Waals surface area contributed by atoms with E-state index in [-0.39, 0.29) is 11.3 Å². The van der Waals surface area contributed by atoms with Crippen LogP contribution in [0.25, 0.3) is 0 Å². The molecule has 1 amide bonds. The topological polar surface area (TPSA) is 55.1 Å². The summed E-state index contributed by atoms with van der Waals surface area (Å²) in [6.07, 6.45) is 1.86. The summed E-state index contributed by atoms with van der Waals surface area (Å²) in [7, 11) is 0. The molecule has 102 valence electrons. The third-order valence-electron chi connectivity index (χ3n) is 3.92. The predicted octanol–water partition coefficient (Wildman–Crippen LogP) is 2.62. The predicted molar refractivity (Wildman–Crippen MR) is 80.1 cm³/mol. The van der Waals surface area contributed by atoms with E-state index < -0.39 is 0 Å². The Kier molecular flexibility index (Phi) is 3.18. The summed E-state index contributed by atoms with van der Waals surface area (Å²) in [5, 5.41) is 3.03. The van der Waals surface area contributed by atoms with E-state index in [1.807, 2.05) is 54.6 Å². The van der Waals surface area contributed by atoms with Crippen LogP contribution in [0.3, 0.4) is 0 Å². The first-order valence-electron chi connectivity index (χ1n) is 6.89. The lowest BCUT2D eigenvalue weighted by atomic mass is 9.95. The Hall–Kier alpha value is -2.29. The summed E-state index contributed by atoms with van der Waals surface area (Å²) in [5.41, 5.74) is 8.31. The molecular formula is C17H18N2O. The van der Waals surface area contributed by atoms with Crippen molar-refractivity contribution in [2.24, 2.45) is 0 Å². The Morgan fingerprint density at radius 2 is 1.85 bits per heavy atom. The van der Waals surface area contributed by atoms with Crippen LogP contribution in [0, 0.1) is 0 Å².